The van der Waals surface area contributed by atoms with E-state index in [9.17, 15) is 4.79 Å². The van der Waals surface area contributed by atoms with Gasteiger partial charge in [-0.25, -0.2) is 4.79 Å². The molecule has 1 fully saturated rings. The van der Waals surface area contributed by atoms with E-state index in [2.05, 4.69) is 39.0 Å². The van der Waals surface area contributed by atoms with Crippen LogP contribution in [0.15, 0.2) is 24.3 Å². The molecule has 0 bridgehead atoms. The highest BCUT2D eigenvalue weighted by Crippen LogP contribution is 2.36. The van der Waals surface area contributed by atoms with Crippen molar-refractivity contribution >= 4 is 17.6 Å². The number of carbonyl (C=O) groups excluding carboxylic acids is 1. The van der Waals surface area contributed by atoms with Gasteiger partial charge in [-0.1, -0.05) is 6.07 Å². The lowest BCUT2D eigenvalue weighted by atomic mass is 10.0. The maximum atomic E-state index is 11.8. The topological polar surface area (TPSA) is 103 Å². The minimum atomic E-state index is -0.340. The molecule has 1 aromatic heterocycles. The van der Waals surface area contributed by atoms with Crippen LogP contribution < -0.4 is 10.6 Å². The summed E-state index contributed by atoms with van der Waals surface area (Å²) in [4.78, 5) is 11.8. The Kier molecular flexibility index (Phi) is 5.43. The molecule has 7 heteroatoms. The van der Waals surface area contributed by atoms with Crippen molar-refractivity contribution < 1.29 is 9.53 Å². The monoisotopic (exact) mass is 393 g/mol. The first-order chi connectivity index (χ1) is 14.0. The number of carbonyl (C=O) groups is 1. The third kappa shape index (κ3) is 4.53. The van der Waals surface area contributed by atoms with Crippen LogP contribution in [0.3, 0.4) is 0 Å². The number of rotatable bonds is 5. The Morgan fingerprint density at radius 3 is 2.90 bits per heavy atom. The molecular weight excluding hydrogens is 366 g/mol. The molecule has 1 unspecified atom stereocenters. The second-order valence-electron chi connectivity index (χ2n) is 8.39. The van der Waals surface area contributed by atoms with Crippen LogP contribution >= 0.6 is 0 Å². The van der Waals surface area contributed by atoms with Gasteiger partial charge in [-0.3, -0.25) is 5.10 Å². The van der Waals surface area contributed by atoms with Crippen LogP contribution in [0.1, 0.15) is 55.8 Å². The molecule has 3 atom stereocenters. The summed E-state index contributed by atoms with van der Waals surface area (Å²) in [6, 6.07) is 10.7. The standard InChI is InChI=1S/C22H27N5O2/c1-13(2)24-22(28)29-19-6-4-16(10-19)20-11-21(27-26-20)25-18-5-3-15-7-14(12-23)8-17(15)9-18/h3,5,9,11,13-14,16,19H,4,6-8,10H2,1-2H3,(H,24,28)(H2,25,26,27)/t14?,16-,19+/m0/s1. The van der Waals surface area contributed by atoms with Crippen LogP contribution in [0.4, 0.5) is 16.3 Å². The van der Waals surface area contributed by atoms with Crippen molar-refractivity contribution in [1.82, 2.24) is 15.5 Å². The molecule has 0 radical (unpaired) electrons. The molecule has 29 heavy (non-hydrogen) atoms. The van der Waals surface area contributed by atoms with Crippen LogP contribution in [0.25, 0.3) is 0 Å². The minimum Gasteiger partial charge on any atom is -0.446 e. The average molecular weight is 393 g/mol. The number of amides is 1. The van der Waals surface area contributed by atoms with Gasteiger partial charge < -0.3 is 15.4 Å². The van der Waals surface area contributed by atoms with Crippen molar-refractivity contribution in [2.24, 2.45) is 5.92 Å². The van der Waals surface area contributed by atoms with Crippen LogP contribution in [0.2, 0.25) is 0 Å². The molecule has 152 valence electrons. The summed E-state index contributed by atoms with van der Waals surface area (Å²) in [6.45, 7) is 3.83. The molecule has 1 heterocycles. The predicted octanol–water partition coefficient (Wildman–Crippen LogP) is 4.16. The molecule has 7 nitrogen and oxygen atoms in total. The Morgan fingerprint density at radius 1 is 1.28 bits per heavy atom. The SMILES string of the molecule is CC(C)NC(=O)O[C@@H]1CC[C@H](c2cc(Nc3ccc4c(c3)CC(C#N)C4)n[nH]2)C1. The summed E-state index contributed by atoms with van der Waals surface area (Å²) >= 11 is 0. The minimum absolute atomic E-state index is 0.0525. The fraction of sp³-hybridized carbons (Fsp3) is 0.500. The summed E-state index contributed by atoms with van der Waals surface area (Å²) in [7, 11) is 0. The fourth-order valence-electron chi connectivity index (χ4n) is 4.30. The second kappa shape index (κ2) is 8.16. The van der Waals surface area contributed by atoms with Crippen LogP contribution in [-0.4, -0.2) is 28.4 Å². The smallest absolute Gasteiger partial charge is 0.407 e. The van der Waals surface area contributed by atoms with Crippen molar-refractivity contribution in [3.8, 4) is 6.07 Å². The third-order valence-corrected chi connectivity index (χ3v) is 5.70. The van der Waals surface area contributed by atoms with E-state index in [0.717, 1.165) is 49.3 Å². The van der Waals surface area contributed by atoms with Crippen molar-refractivity contribution in [3.05, 3.63) is 41.1 Å². The molecular formula is C22H27N5O2. The maximum Gasteiger partial charge on any atom is 0.407 e. The van der Waals surface area contributed by atoms with Crippen molar-refractivity contribution in [1.29, 1.82) is 5.26 Å². The maximum absolute atomic E-state index is 11.8. The highest BCUT2D eigenvalue weighted by molar-refractivity contribution is 5.67. The van der Waals surface area contributed by atoms with Gasteiger partial charge in [0.2, 0.25) is 0 Å². The highest BCUT2D eigenvalue weighted by Gasteiger charge is 2.30. The largest absolute Gasteiger partial charge is 0.446 e. The summed E-state index contributed by atoms with van der Waals surface area (Å²) in [5, 5.41) is 22.8. The first-order valence-corrected chi connectivity index (χ1v) is 10.3. The normalized spacial score (nSPS) is 22.9. The molecule has 3 N–H and O–H groups in total. The Morgan fingerprint density at radius 2 is 2.10 bits per heavy atom. The number of benzene rings is 1. The van der Waals surface area contributed by atoms with E-state index in [1.165, 1.54) is 11.1 Å². The van der Waals surface area contributed by atoms with E-state index in [4.69, 9.17) is 10.00 Å². The zero-order valence-electron chi connectivity index (χ0n) is 16.9. The molecule has 4 rings (SSSR count). The van der Waals surface area contributed by atoms with Crippen molar-refractivity contribution in [3.63, 3.8) is 0 Å². The number of aromatic amines is 1. The van der Waals surface area contributed by atoms with E-state index in [1.807, 2.05) is 26.0 Å². The quantitative estimate of drug-likeness (QED) is 0.708. The van der Waals surface area contributed by atoms with E-state index < -0.39 is 0 Å². The number of hydrogen-bond donors (Lipinski definition) is 3. The molecule has 2 aromatic rings. The van der Waals surface area contributed by atoms with Gasteiger partial charge in [-0.05, 0) is 69.2 Å². The van der Waals surface area contributed by atoms with Gasteiger partial charge in [-0.15, -0.1) is 0 Å². The molecule has 0 aliphatic heterocycles. The Labute approximate surface area is 170 Å². The number of alkyl carbamates (subject to hydrolysis) is 1. The number of hydrogen-bond acceptors (Lipinski definition) is 5. The third-order valence-electron chi connectivity index (χ3n) is 5.70. The molecule has 2 aliphatic rings. The predicted molar refractivity (Wildman–Crippen MR) is 110 cm³/mol. The number of nitrogens with one attached hydrogen (secondary N) is 3. The lowest BCUT2D eigenvalue weighted by Gasteiger charge is -2.14. The number of ether oxygens (including phenoxy) is 1. The van der Waals surface area contributed by atoms with Gasteiger partial charge in [0.05, 0.1) is 12.0 Å². The van der Waals surface area contributed by atoms with Gasteiger partial charge in [0.1, 0.15) is 6.10 Å². The first-order valence-electron chi connectivity index (χ1n) is 10.3. The Balaban J connectivity index is 1.34. The number of anilines is 2. The first kappa shape index (κ1) is 19.3. The number of fused-ring (bicyclic) bond motifs is 1. The highest BCUT2D eigenvalue weighted by atomic mass is 16.6. The Bertz CT molecular complexity index is 930. The van der Waals surface area contributed by atoms with Gasteiger partial charge in [0, 0.05) is 29.4 Å². The van der Waals surface area contributed by atoms with Crippen molar-refractivity contribution in [2.45, 2.75) is 64.0 Å². The zero-order chi connectivity index (χ0) is 20.4. The average Bonchev–Trinajstić information content (AvgIpc) is 3.39. The van der Waals surface area contributed by atoms with Crippen LogP contribution in [0.5, 0.6) is 0 Å². The van der Waals surface area contributed by atoms with Crippen molar-refractivity contribution in [2.75, 3.05) is 5.32 Å². The summed E-state index contributed by atoms with van der Waals surface area (Å²) in [6.07, 6.45) is 3.91. The molecule has 1 aromatic carbocycles. The van der Waals surface area contributed by atoms with E-state index >= 15 is 0 Å². The van der Waals surface area contributed by atoms with Gasteiger partial charge in [-0.2, -0.15) is 10.4 Å². The molecule has 2 aliphatic carbocycles. The molecule has 1 amide bonds. The van der Waals surface area contributed by atoms with E-state index in [-0.39, 0.29) is 24.2 Å². The number of nitrogens with zero attached hydrogens (tertiary/aromatic N) is 2. The number of nitriles is 1. The zero-order valence-corrected chi connectivity index (χ0v) is 16.9. The summed E-state index contributed by atoms with van der Waals surface area (Å²) in [5.74, 6) is 1.18. The summed E-state index contributed by atoms with van der Waals surface area (Å²) in [5.41, 5.74) is 4.56. The summed E-state index contributed by atoms with van der Waals surface area (Å²) < 4.78 is 5.51. The van der Waals surface area contributed by atoms with Gasteiger partial charge >= 0.3 is 6.09 Å². The van der Waals surface area contributed by atoms with Crippen LogP contribution in [-0.2, 0) is 17.6 Å². The van der Waals surface area contributed by atoms with E-state index in [0.29, 0.717) is 5.92 Å². The van der Waals surface area contributed by atoms with E-state index in [1.54, 1.807) is 0 Å². The molecule has 1 saturated carbocycles. The lowest BCUT2D eigenvalue weighted by molar-refractivity contribution is 0.0981. The fourth-order valence-corrected chi connectivity index (χ4v) is 4.30. The molecule has 0 spiro atoms. The number of aromatic nitrogens is 2. The number of H-pyrrole nitrogens is 1. The molecule has 0 saturated heterocycles. The second-order valence-corrected chi connectivity index (χ2v) is 8.39. The van der Waals surface area contributed by atoms with Gasteiger partial charge in [0.25, 0.3) is 0 Å². The lowest BCUT2D eigenvalue weighted by Crippen LogP contribution is -2.33. The van der Waals surface area contributed by atoms with Crippen LogP contribution in [0, 0.1) is 17.2 Å². The Hall–Kier alpha value is -3.01. The van der Waals surface area contributed by atoms with Gasteiger partial charge in [0.15, 0.2) is 5.82 Å².